The first-order valence-electron chi connectivity index (χ1n) is 9.72. The van der Waals surface area contributed by atoms with E-state index in [1.807, 2.05) is 13.8 Å². The second-order valence-corrected chi connectivity index (χ2v) is 9.41. The topological polar surface area (TPSA) is 119 Å². The lowest BCUT2D eigenvalue weighted by Gasteiger charge is -2.19. The number of benzene rings is 2. The fraction of sp³-hybridized carbons (Fsp3) is 0.381. The summed E-state index contributed by atoms with van der Waals surface area (Å²) in [6.07, 6.45) is 0.362. The molecule has 3 rings (SSSR count). The number of nitrogens with zero attached hydrogens (tertiary/aromatic N) is 1. The highest BCUT2D eigenvalue weighted by Gasteiger charge is 2.37. The molecule has 1 atom stereocenters. The van der Waals surface area contributed by atoms with Crippen LogP contribution in [-0.2, 0) is 33.9 Å². The molecule has 0 aromatic heterocycles. The molecule has 1 amide bonds. The van der Waals surface area contributed by atoms with Crippen LogP contribution in [0, 0.1) is 5.92 Å². The Labute approximate surface area is 180 Å². The molecule has 0 fully saturated rings. The third-order valence-corrected chi connectivity index (χ3v) is 6.65. The van der Waals surface area contributed by atoms with E-state index < -0.39 is 47.1 Å². The quantitative estimate of drug-likeness (QED) is 0.609. The van der Waals surface area contributed by atoms with Gasteiger partial charge in [0, 0.05) is 5.39 Å². The van der Waals surface area contributed by atoms with Gasteiger partial charge in [-0.25, -0.2) is 13.2 Å². The van der Waals surface area contributed by atoms with Gasteiger partial charge in [0.2, 0.25) is 0 Å². The summed E-state index contributed by atoms with van der Waals surface area (Å²) in [5.41, 5.74) is 0.386. The molecule has 10 heteroatoms. The van der Waals surface area contributed by atoms with E-state index >= 15 is 0 Å². The average molecular weight is 448 g/mol. The van der Waals surface area contributed by atoms with Crippen molar-refractivity contribution >= 4 is 44.3 Å². The molecule has 0 saturated carbocycles. The standard InChI is InChI=1S/C21H24N2O7S/c1-13(2)10-15(21(26)29-3)22-18(24)12-30-19(25)11-23-16-8-4-6-14-7-5-9-17(20(14)16)31(23,27)28/h4-9,13,15H,10-12H2,1-3H3,(H,22,24). The summed E-state index contributed by atoms with van der Waals surface area (Å²) in [5, 5.41) is 3.76. The van der Waals surface area contributed by atoms with Crippen LogP contribution in [0.25, 0.3) is 10.8 Å². The smallest absolute Gasteiger partial charge is 0.328 e. The number of hydrogen-bond donors (Lipinski definition) is 1. The Morgan fingerprint density at radius 3 is 2.42 bits per heavy atom. The number of rotatable bonds is 8. The molecule has 0 bridgehead atoms. The van der Waals surface area contributed by atoms with Crippen LogP contribution in [0.2, 0.25) is 0 Å². The van der Waals surface area contributed by atoms with E-state index in [2.05, 4.69) is 10.1 Å². The molecule has 9 nitrogen and oxygen atoms in total. The summed E-state index contributed by atoms with van der Waals surface area (Å²) in [6, 6.07) is 9.17. The summed E-state index contributed by atoms with van der Waals surface area (Å²) in [7, 11) is -2.69. The summed E-state index contributed by atoms with van der Waals surface area (Å²) in [5.74, 6) is -2.04. The predicted molar refractivity (Wildman–Crippen MR) is 113 cm³/mol. The molecule has 2 aromatic carbocycles. The van der Waals surface area contributed by atoms with Crippen LogP contribution in [0.4, 0.5) is 5.69 Å². The first-order valence-corrected chi connectivity index (χ1v) is 11.2. The van der Waals surface area contributed by atoms with Crippen molar-refractivity contribution in [1.29, 1.82) is 0 Å². The van der Waals surface area contributed by atoms with E-state index in [1.54, 1.807) is 30.3 Å². The van der Waals surface area contributed by atoms with Crippen molar-refractivity contribution in [1.82, 2.24) is 5.32 Å². The summed E-state index contributed by atoms with van der Waals surface area (Å²) >= 11 is 0. The maximum absolute atomic E-state index is 12.9. The van der Waals surface area contributed by atoms with Crippen LogP contribution in [0.15, 0.2) is 41.3 Å². The highest BCUT2D eigenvalue weighted by atomic mass is 32.2. The number of amides is 1. The minimum atomic E-state index is -3.91. The van der Waals surface area contributed by atoms with E-state index in [9.17, 15) is 22.8 Å². The van der Waals surface area contributed by atoms with Crippen molar-refractivity contribution in [2.45, 2.75) is 31.2 Å². The third kappa shape index (κ3) is 4.63. The summed E-state index contributed by atoms with van der Waals surface area (Å²) in [6.45, 7) is 2.56. The minimum Gasteiger partial charge on any atom is -0.467 e. The maximum Gasteiger partial charge on any atom is 0.328 e. The molecule has 0 radical (unpaired) electrons. The van der Waals surface area contributed by atoms with Gasteiger partial charge in [0.05, 0.1) is 17.7 Å². The molecule has 0 aliphatic carbocycles. The molecule has 1 aliphatic heterocycles. The fourth-order valence-electron chi connectivity index (χ4n) is 3.50. The van der Waals surface area contributed by atoms with E-state index in [1.165, 1.54) is 13.2 Å². The SMILES string of the molecule is COC(=O)C(CC(C)C)NC(=O)COC(=O)CN1c2cccc3cccc(c23)S1(=O)=O. The van der Waals surface area contributed by atoms with Gasteiger partial charge in [0.1, 0.15) is 12.6 Å². The number of sulfonamides is 1. The normalized spacial score (nSPS) is 15.0. The Bertz CT molecular complexity index is 1120. The van der Waals surface area contributed by atoms with Gasteiger partial charge in [0.15, 0.2) is 6.61 Å². The first kappa shape index (κ1) is 22.5. The van der Waals surface area contributed by atoms with Crippen molar-refractivity contribution in [3.8, 4) is 0 Å². The van der Waals surface area contributed by atoms with Crippen LogP contribution in [0.3, 0.4) is 0 Å². The lowest BCUT2D eigenvalue weighted by Crippen LogP contribution is -2.44. The predicted octanol–water partition coefficient (Wildman–Crippen LogP) is 1.60. The van der Waals surface area contributed by atoms with Crippen LogP contribution < -0.4 is 9.62 Å². The lowest BCUT2D eigenvalue weighted by molar-refractivity contribution is -0.149. The lowest BCUT2D eigenvalue weighted by atomic mass is 10.0. The van der Waals surface area contributed by atoms with Crippen LogP contribution in [0.1, 0.15) is 20.3 Å². The first-order chi connectivity index (χ1) is 14.6. The van der Waals surface area contributed by atoms with E-state index in [0.717, 1.165) is 9.69 Å². The van der Waals surface area contributed by atoms with Gasteiger partial charge in [-0.05, 0) is 29.9 Å². The second-order valence-electron chi connectivity index (χ2n) is 7.58. The number of nitrogens with one attached hydrogen (secondary N) is 1. The molecule has 31 heavy (non-hydrogen) atoms. The zero-order valence-corrected chi connectivity index (χ0v) is 18.3. The van der Waals surface area contributed by atoms with Crippen molar-refractivity contribution in [3.63, 3.8) is 0 Å². The number of methoxy groups -OCH3 is 1. The van der Waals surface area contributed by atoms with Gasteiger partial charge in [-0.1, -0.05) is 38.1 Å². The van der Waals surface area contributed by atoms with Crippen molar-refractivity contribution in [2.24, 2.45) is 5.92 Å². The van der Waals surface area contributed by atoms with Crippen molar-refractivity contribution in [2.75, 3.05) is 24.6 Å². The van der Waals surface area contributed by atoms with Gasteiger partial charge >= 0.3 is 11.9 Å². The highest BCUT2D eigenvalue weighted by Crippen LogP contribution is 2.41. The fourth-order valence-corrected chi connectivity index (χ4v) is 5.16. The van der Waals surface area contributed by atoms with Crippen LogP contribution in [0.5, 0.6) is 0 Å². The molecule has 166 valence electrons. The molecule has 1 N–H and O–H groups in total. The zero-order chi connectivity index (χ0) is 22.8. The van der Waals surface area contributed by atoms with Gasteiger partial charge in [-0.2, -0.15) is 0 Å². The number of anilines is 1. The Morgan fingerprint density at radius 2 is 1.77 bits per heavy atom. The highest BCUT2D eigenvalue weighted by molar-refractivity contribution is 7.93. The third-order valence-electron chi connectivity index (χ3n) is 4.85. The minimum absolute atomic E-state index is 0.122. The molecular weight excluding hydrogens is 424 g/mol. The van der Waals surface area contributed by atoms with Crippen molar-refractivity contribution in [3.05, 3.63) is 36.4 Å². The number of ether oxygens (including phenoxy) is 2. The van der Waals surface area contributed by atoms with E-state index in [0.29, 0.717) is 17.5 Å². The molecular formula is C21H24N2O7S. The second kappa shape index (κ2) is 8.93. The number of carbonyl (C=O) groups excluding carboxylic acids is 3. The van der Waals surface area contributed by atoms with E-state index in [4.69, 9.17) is 4.74 Å². The Morgan fingerprint density at radius 1 is 1.10 bits per heavy atom. The average Bonchev–Trinajstić information content (AvgIpc) is 2.94. The van der Waals surface area contributed by atoms with Crippen molar-refractivity contribution < 1.29 is 32.3 Å². The Kier molecular flexibility index (Phi) is 6.49. The van der Waals surface area contributed by atoms with Crippen LogP contribution >= 0.6 is 0 Å². The summed E-state index contributed by atoms with van der Waals surface area (Å²) < 4.78 is 36.4. The Balaban J connectivity index is 1.65. The Hall–Kier alpha value is -3.14. The molecule has 2 aromatic rings. The number of carbonyl (C=O) groups is 3. The van der Waals surface area contributed by atoms with Gasteiger partial charge in [0.25, 0.3) is 15.9 Å². The zero-order valence-electron chi connectivity index (χ0n) is 17.5. The molecule has 1 heterocycles. The monoisotopic (exact) mass is 448 g/mol. The summed E-state index contributed by atoms with van der Waals surface area (Å²) in [4.78, 5) is 36.4. The van der Waals surface area contributed by atoms with Crippen LogP contribution in [-0.4, -0.2) is 52.6 Å². The number of esters is 2. The van der Waals surface area contributed by atoms with Gasteiger partial charge in [-0.3, -0.25) is 13.9 Å². The molecule has 1 aliphatic rings. The molecule has 0 spiro atoms. The molecule has 0 saturated heterocycles. The maximum atomic E-state index is 12.9. The largest absolute Gasteiger partial charge is 0.467 e. The van der Waals surface area contributed by atoms with Gasteiger partial charge in [-0.15, -0.1) is 0 Å². The van der Waals surface area contributed by atoms with E-state index in [-0.39, 0.29) is 10.8 Å². The number of hydrogen-bond acceptors (Lipinski definition) is 7. The van der Waals surface area contributed by atoms with Gasteiger partial charge < -0.3 is 14.8 Å². The molecule has 1 unspecified atom stereocenters.